The van der Waals surface area contributed by atoms with E-state index in [0.29, 0.717) is 11.0 Å². The maximum absolute atomic E-state index is 6.15. The van der Waals surface area contributed by atoms with Crippen LogP contribution >= 0.6 is 22.6 Å². The summed E-state index contributed by atoms with van der Waals surface area (Å²) in [6.07, 6.45) is 2.27. The first-order valence-corrected chi connectivity index (χ1v) is 9.53. The number of allylic oxidation sites excluding steroid dienone is 1. The topological polar surface area (TPSA) is 9.23 Å². The van der Waals surface area contributed by atoms with Gasteiger partial charge in [-0.05, 0) is 57.1 Å². The Morgan fingerprint density at radius 2 is 1.87 bits per heavy atom. The summed E-state index contributed by atoms with van der Waals surface area (Å²) in [7, 11) is -1.55. The summed E-state index contributed by atoms with van der Waals surface area (Å²) in [4.78, 5) is 0. The van der Waals surface area contributed by atoms with Crippen LogP contribution in [0.4, 0.5) is 0 Å². The first kappa shape index (κ1) is 15.6. The zero-order valence-electron chi connectivity index (χ0n) is 11.1. The summed E-state index contributed by atoms with van der Waals surface area (Å²) in [5.74, 6) is 0.524. The van der Waals surface area contributed by atoms with Gasteiger partial charge in [0.1, 0.15) is 0 Å². The SMILES string of the molecule is C/C(I)=C\[C@@H](C)CO[Si](C)(C)C(C)(C)C. The lowest BCUT2D eigenvalue weighted by atomic mass is 10.2. The van der Waals surface area contributed by atoms with E-state index in [1.807, 2.05) is 0 Å². The maximum Gasteiger partial charge on any atom is 0.192 e. The molecule has 0 aliphatic rings. The van der Waals surface area contributed by atoms with E-state index in [1.54, 1.807) is 0 Å². The summed E-state index contributed by atoms with van der Waals surface area (Å²) in [5, 5.41) is 0.315. The Kier molecular flexibility index (Phi) is 6.07. The fourth-order valence-electron chi connectivity index (χ4n) is 0.996. The molecule has 0 N–H and O–H groups in total. The van der Waals surface area contributed by atoms with Crippen LogP contribution in [0.5, 0.6) is 0 Å². The molecule has 0 unspecified atom stereocenters. The van der Waals surface area contributed by atoms with E-state index >= 15 is 0 Å². The smallest absolute Gasteiger partial charge is 0.192 e. The summed E-state index contributed by atoms with van der Waals surface area (Å²) in [6.45, 7) is 16.7. The van der Waals surface area contributed by atoms with E-state index in [-0.39, 0.29) is 0 Å². The molecule has 0 aliphatic heterocycles. The highest BCUT2D eigenvalue weighted by Gasteiger charge is 2.37. The molecule has 0 aliphatic carbocycles. The van der Waals surface area contributed by atoms with E-state index < -0.39 is 8.32 Å². The van der Waals surface area contributed by atoms with E-state index in [9.17, 15) is 0 Å². The minimum Gasteiger partial charge on any atom is -0.416 e. The predicted octanol–water partition coefficient (Wildman–Crippen LogP) is 4.98. The molecule has 0 radical (unpaired) electrons. The highest BCUT2D eigenvalue weighted by molar-refractivity contribution is 14.1. The largest absolute Gasteiger partial charge is 0.416 e. The molecule has 0 aromatic rings. The average Bonchev–Trinajstić information content (AvgIpc) is 1.97. The molecule has 15 heavy (non-hydrogen) atoms. The minimum absolute atomic E-state index is 0.315. The van der Waals surface area contributed by atoms with E-state index in [1.165, 1.54) is 3.58 Å². The van der Waals surface area contributed by atoms with Crippen LogP contribution in [-0.4, -0.2) is 14.9 Å². The van der Waals surface area contributed by atoms with Crippen molar-refractivity contribution in [3.05, 3.63) is 9.66 Å². The third-order valence-electron chi connectivity index (χ3n) is 3.03. The van der Waals surface area contributed by atoms with E-state index in [4.69, 9.17) is 4.43 Å². The van der Waals surface area contributed by atoms with Gasteiger partial charge in [-0.1, -0.05) is 33.8 Å². The summed E-state index contributed by atoms with van der Waals surface area (Å²) >= 11 is 2.35. The van der Waals surface area contributed by atoms with Crippen molar-refractivity contribution in [2.24, 2.45) is 5.92 Å². The Balaban J connectivity index is 4.22. The molecule has 0 rings (SSSR count). The average molecular weight is 340 g/mol. The van der Waals surface area contributed by atoms with Gasteiger partial charge in [0.2, 0.25) is 0 Å². The van der Waals surface area contributed by atoms with Gasteiger partial charge >= 0.3 is 0 Å². The molecule has 1 atom stereocenters. The Morgan fingerprint density at radius 3 is 2.20 bits per heavy atom. The fraction of sp³-hybridized carbons (Fsp3) is 0.833. The van der Waals surface area contributed by atoms with Crippen LogP contribution < -0.4 is 0 Å². The second kappa shape index (κ2) is 5.82. The van der Waals surface area contributed by atoms with E-state index in [2.05, 4.69) is 76.4 Å². The Bertz CT molecular complexity index is 224. The lowest BCUT2D eigenvalue weighted by Gasteiger charge is -2.36. The molecular formula is C12H25IOSi. The zero-order valence-corrected chi connectivity index (χ0v) is 14.3. The van der Waals surface area contributed by atoms with Gasteiger partial charge in [-0.25, -0.2) is 0 Å². The molecule has 0 saturated carbocycles. The standard InChI is InChI=1S/C12H25IOSi/c1-10(8-11(2)13)9-14-15(6,7)12(3,4)5/h8,10H,9H2,1-7H3/b11-8+/t10-/m1/s1. The monoisotopic (exact) mass is 340 g/mol. The van der Waals surface area contributed by atoms with Crippen LogP contribution in [0.15, 0.2) is 9.66 Å². The molecule has 0 spiro atoms. The van der Waals surface area contributed by atoms with Crippen molar-refractivity contribution in [1.29, 1.82) is 0 Å². The summed E-state index contributed by atoms with van der Waals surface area (Å²) in [6, 6.07) is 0. The molecular weight excluding hydrogens is 315 g/mol. The first-order valence-electron chi connectivity index (χ1n) is 5.54. The number of halogens is 1. The molecule has 0 aromatic carbocycles. The summed E-state index contributed by atoms with van der Waals surface area (Å²) < 4.78 is 7.49. The molecule has 0 aromatic heterocycles. The molecule has 0 bridgehead atoms. The van der Waals surface area contributed by atoms with Gasteiger partial charge in [-0.2, -0.15) is 0 Å². The van der Waals surface area contributed by atoms with Crippen molar-refractivity contribution < 1.29 is 4.43 Å². The van der Waals surface area contributed by atoms with Gasteiger partial charge in [0.05, 0.1) is 0 Å². The number of rotatable bonds is 4. The molecule has 0 heterocycles. The van der Waals surface area contributed by atoms with Gasteiger partial charge in [-0.15, -0.1) is 0 Å². The minimum atomic E-state index is -1.55. The van der Waals surface area contributed by atoms with Crippen molar-refractivity contribution in [3.8, 4) is 0 Å². The van der Waals surface area contributed by atoms with Gasteiger partial charge in [-0.3, -0.25) is 0 Å². The van der Waals surface area contributed by atoms with Gasteiger partial charge in [0, 0.05) is 6.61 Å². The second-order valence-corrected chi connectivity index (χ2v) is 12.3. The lowest BCUT2D eigenvalue weighted by Crippen LogP contribution is -2.41. The van der Waals surface area contributed by atoms with Crippen molar-refractivity contribution in [1.82, 2.24) is 0 Å². The Hall–Kier alpha value is 0.647. The van der Waals surface area contributed by atoms with Crippen LogP contribution in [-0.2, 0) is 4.43 Å². The first-order chi connectivity index (χ1) is 6.56. The highest BCUT2D eigenvalue weighted by Crippen LogP contribution is 2.36. The maximum atomic E-state index is 6.15. The van der Waals surface area contributed by atoms with Crippen LogP contribution in [0.25, 0.3) is 0 Å². The Labute approximate surface area is 110 Å². The third-order valence-corrected chi connectivity index (χ3v) is 7.89. The van der Waals surface area contributed by atoms with Crippen LogP contribution in [0, 0.1) is 5.92 Å². The van der Waals surface area contributed by atoms with Gasteiger partial charge < -0.3 is 4.43 Å². The van der Waals surface area contributed by atoms with Crippen molar-refractivity contribution in [2.75, 3.05) is 6.61 Å². The van der Waals surface area contributed by atoms with Crippen LogP contribution in [0.1, 0.15) is 34.6 Å². The van der Waals surface area contributed by atoms with Crippen LogP contribution in [0.2, 0.25) is 18.1 Å². The number of hydrogen-bond acceptors (Lipinski definition) is 1. The summed E-state index contributed by atoms with van der Waals surface area (Å²) in [5.41, 5.74) is 0. The molecule has 0 saturated heterocycles. The quantitative estimate of drug-likeness (QED) is 0.518. The number of hydrogen-bond donors (Lipinski definition) is 0. The second-order valence-electron chi connectivity index (χ2n) is 5.80. The third kappa shape index (κ3) is 6.07. The lowest BCUT2D eigenvalue weighted by molar-refractivity contribution is 0.259. The fourth-order valence-corrected chi connectivity index (χ4v) is 2.72. The van der Waals surface area contributed by atoms with Gasteiger partial charge in [0.25, 0.3) is 0 Å². The van der Waals surface area contributed by atoms with Crippen molar-refractivity contribution in [3.63, 3.8) is 0 Å². The zero-order chi connectivity index (χ0) is 12.3. The van der Waals surface area contributed by atoms with Crippen molar-refractivity contribution in [2.45, 2.75) is 52.8 Å². The van der Waals surface area contributed by atoms with Crippen LogP contribution in [0.3, 0.4) is 0 Å². The highest BCUT2D eigenvalue weighted by atomic mass is 127. The predicted molar refractivity (Wildman–Crippen MR) is 80.1 cm³/mol. The molecule has 90 valence electrons. The van der Waals surface area contributed by atoms with Gasteiger partial charge in [0.15, 0.2) is 8.32 Å². The normalized spacial score (nSPS) is 16.7. The molecule has 0 amide bonds. The molecule has 3 heteroatoms. The van der Waals surface area contributed by atoms with E-state index in [0.717, 1.165) is 6.61 Å². The van der Waals surface area contributed by atoms with Crippen molar-refractivity contribution >= 4 is 30.9 Å². The Morgan fingerprint density at radius 1 is 1.40 bits per heavy atom. The molecule has 1 nitrogen and oxygen atoms in total. The molecule has 0 fully saturated rings.